The van der Waals surface area contributed by atoms with Crippen LogP contribution in [0.2, 0.25) is 0 Å². The molecule has 6 rings (SSSR count). The molecule has 5 aromatic rings. The highest BCUT2D eigenvalue weighted by Gasteiger charge is 2.33. The molecular weight excluding hydrogens is 545 g/mol. The number of hydrogen-bond acceptors (Lipinski definition) is 5. The fourth-order valence-electron chi connectivity index (χ4n) is 5.93. The Hall–Kier alpha value is -4.56. The molecule has 220 valence electrons. The van der Waals surface area contributed by atoms with Crippen LogP contribution in [-0.4, -0.2) is 37.9 Å². The molecule has 0 radical (unpaired) electrons. The molecule has 0 aliphatic carbocycles. The van der Waals surface area contributed by atoms with Crippen molar-refractivity contribution in [2.75, 3.05) is 6.61 Å². The maximum absolute atomic E-state index is 15.6. The molecule has 1 aliphatic rings. The molecule has 0 amide bonds. The first kappa shape index (κ1) is 28.6. The molecule has 0 bridgehead atoms. The van der Waals surface area contributed by atoms with Crippen LogP contribution >= 0.6 is 0 Å². The third-order valence-corrected chi connectivity index (χ3v) is 7.82. The number of aromatic nitrogens is 3. The number of nitrogens with zero attached hydrogens (tertiary/aromatic N) is 3. The van der Waals surface area contributed by atoms with Crippen molar-refractivity contribution in [3.05, 3.63) is 95.2 Å². The first-order valence-corrected chi connectivity index (χ1v) is 14.4. The molecule has 1 atom stereocenters. The Bertz CT molecular complexity index is 1860. The zero-order valence-corrected chi connectivity index (χ0v) is 24.9. The molecule has 0 saturated carbocycles. The van der Waals surface area contributed by atoms with Gasteiger partial charge in [0.25, 0.3) is 0 Å². The summed E-state index contributed by atoms with van der Waals surface area (Å²) in [5.74, 6) is -1.31. The molecule has 0 fully saturated rings. The average molecular weight is 580 g/mol. The lowest BCUT2D eigenvalue weighted by molar-refractivity contribution is -0.160. The van der Waals surface area contributed by atoms with Gasteiger partial charge in [0.05, 0.1) is 23.4 Å². The van der Waals surface area contributed by atoms with Crippen LogP contribution in [0.4, 0.5) is 4.39 Å². The van der Waals surface area contributed by atoms with Gasteiger partial charge in [-0.2, -0.15) is 5.10 Å². The van der Waals surface area contributed by atoms with Gasteiger partial charge in [0.15, 0.2) is 17.7 Å². The summed E-state index contributed by atoms with van der Waals surface area (Å²) in [7, 11) is 0. The largest absolute Gasteiger partial charge is 0.490 e. The van der Waals surface area contributed by atoms with Gasteiger partial charge in [-0.05, 0) is 94.0 Å². The second-order valence-electron chi connectivity index (χ2n) is 12.0. The smallest absolute Gasteiger partial charge is 0.337 e. The summed E-state index contributed by atoms with van der Waals surface area (Å²) < 4.78 is 29.3. The number of benzene rings is 2. The van der Waals surface area contributed by atoms with Gasteiger partial charge in [-0.25, -0.2) is 13.7 Å². The van der Waals surface area contributed by atoms with Gasteiger partial charge in [0.1, 0.15) is 0 Å². The number of halogens is 1. The van der Waals surface area contributed by atoms with Gasteiger partial charge in [-0.3, -0.25) is 4.98 Å². The number of hydrogen-bond donors (Lipinski definition) is 1. The summed E-state index contributed by atoms with van der Waals surface area (Å²) in [5.41, 5.74) is 7.47. The van der Waals surface area contributed by atoms with E-state index in [4.69, 9.17) is 14.6 Å². The number of pyridine rings is 2. The lowest BCUT2D eigenvalue weighted by Crippen LogP contribution is -2.28. The number of fused-ring (bicyclic) bond motifs is 2. The topological polar surface area (TPSA) is 86.0 Å². The average Bonchev–Trinajstić information content (AvgIpc) is 3.41. The zero-order valence-electron chi connectivity index (χ0n) is 24.9. The van der Waals surface area contributed by atoms with Crippen LogP contribution in [0.1, 0.15) is 55.5 Å². The Morgan fingerprint density at radius 2 is 1.86 bits per heavy atom. The van der Waals surface area contributed by atoms with Gasteiger partial charge >= 0.3 is 5.97 Å². The van der Waals surface area contributed by atoms with Gasteiger partial charge < -0.3 is 14.6 Å². The lowest BCUT2D eigenvalue weighted by Gasteiger charge is -2.29. The maximum atomic E-state index is 15.6. The zero-order chi connectivity index (χ0) is 30.5. The number of ether oxygens (including phenoxy) is 2. The van der Waals surface area contributed by atoms with Crippen molar-refractivity contribution in [1.82, 2.24) is 14.6 Å². The summed E-state index contributed by atoms with van der Waals surface area (Å²) in [6.45, 7) is 9.72. The second kappa shape index (κ2) is 10.9. The number of carboxylic acids is 1. The molecule has 4 heterocycles. The summed E-state index contributed by atoms with van der Waals surface area (Å²) in [5, 5.41) is 15.4. The van der Waals surface area contributed by atoms with Crippen molar-refractivity contribution in [2.24, 2.45) is 0 Å². The van der Waals surface area contributed by atoms with Crippen molar-refractivity contribution >= 4 is 11.5 Å². The van der Waals surface area contributed by atoms with E-state index in [1.54, 1.807) is 10.7 Å². The SMILES string of the molecule is Cc1cn2nc(-c3cccc(-c4cccnc4)c3)cc2c(-c2cc(F)c3c(c2C)CCCO3)c1C(OC(C)(C)C)C(=O)O. The van der Waals surface area contributed by atoms with Crippen LogP contribution in [0.25, 0.3) is 39.0 Å². The molecule has 1 unspecified atom stereocenters. The summed E-state index contributed by atoms with van der Waals surface area (Å²) >= 11 is 0. The fourth-order valence-corrected chi connectivity index (χ4v) is 5.93. The molecule has 1 N–H and O–H groups in total. The highest BCUT2D eigenvalue weighted by atomic mass is 19.1. The fraction of sp³-hybridized carbons (Fsp3) is 0.286. The maximum Gasteiger partial charge on any atom is 0.337 e. The molecule has 2 aromatic carbocycles. The number of rotatable bonds is 6. The molecule has 8 heteroatoms. The highest BCUT2D eigenvalue weighted by Crippen LogP contribution is 2.44. The minimum absolute atomic E-state index is 0.278. The van der Waals surface area contributed by atoms with Crippen molar-refractivity contribution < 1.29 is 23.8 Å². The first-order valence-electron chi connectivity index (χ1n) is 14.4. The number of aliphatic carboxylic acids is 1. The normalized spacial score (nSPS) is 13.9. The highest BCUT2D eigenvalue weighted by molar-refractivity contribution is 5.92. The Balaban J connectivity index is 1.63. The van der Waals surface area contributed by atoms with E-state index in [-0.39, 0.29) is 5.75 Å². The first-order chi connectivity index (χ1) is 20.5. The van der Waals surface area contributed by atoms with Crippen molar-refractivity contribution in [1.29, 1.82) is 0 Å². The van der Waals surface area contributed by atoms with Crippen LogP contribution in [-0.2, 0) is 16.0 Å². The van der Waals surface area contributed by atoms with E-state index in [2.05, 4.69) is 11.1 Å². The third kappa shape index (κ3) is 5.39. The van der Waals surface area contributed by atoms with Crippen molar-refractivity contribution in [3.63, 3.8) is 0 Å². The van der Waals surface area contributed by atoms with E-state index in [9.17, 15) is 9.90 Å². The van der Waals surface area contributed by atoms with Crippen LogP contribution in [0.5, 0.6) is 5.75 Å². The van der Waals surface area contributed by atoms with E-state index in [0.717, 1.165) is 34.2 Å². The van der Waals surface area contributed by atoms with Crippen LogP contribution < -0.4 is 4.74 Å². The quantitative estimate of drug-likeness (QED) is 0.221. The molecule has 1 aliphatic heterocycles. The number of carboxylic acid groups (broad SMARTS) is 1. The van der Waals surface area contributed by atoms with Gasteiger partial charge in [0.2, 0.25) is 0 Å². The second-order valence-corrected chi connectivity index (χ2v) is 12.0. The summed E-state index contributed by atoms with van der Waals surface area (Å²) in [4.78, 5) is 17.0. The van der Waals surface area contributed by atoms with E-state index in [1.807, 2.05) is 83.4 Å². The third-order valence-electron chi connectivity index (χ3n) is 7.82. The van der Waals surface area contributed by atoms with E-state index in [0.29, 0.717) is 46.5 Å². The monoisotopic (exact) mass is 579 g/mol. The minimum Gasteiger partial charge on any atom is -0.490 e. The Kier molecular flexibility index (Phi) is 7.26. The van der Waals surface area contributed by atoms with E-state index >= 15 is 4.39 Å². The predicted molar refractivity (Wildman–Crippen MR) is 164 cm³/mol. The van der Waals surface area contributed by atoms with Crippen molar-refractivity contribution in [2.45, 2.75) is 59.2 Å². The van der Waals surface area contributed by atoms with E-state index in [1.165, 1.54) is 6.07 Å². The van der Waals surface area contributed by atoms with Crippen LogP contribution in [0.15, 0.2) is 67.1 Å². The lowest BCUT2D eigenvalue weighted by atomic mass is 9.87. The van der Waals surface area contributed by atoms with Crippen LogP contribution in [0.3, 0.4) is 0 Å². The standard InChI is InChI=1S/C35H34FN3O4/c1-20-19-39-29(17-28(38-39)23-10-6-9-22(15-23)24-11-7-13-37-18-24)31(30(20)33(34(40)41)43-35(3,4)5)26-16-27(36)32-25(21(26)2)12-8-14-42-32/h6-7,9-11,13,15-19,33H,8,12,14H2,1-5H3,(H,40,41). The van der Waals surface area contributed by atoms with Gasteiger partial charge in [-0.15, -0.1) is 0 Å². The number of carbonyl (C=O) groups is 1. The van der Waals surface area contributed by atoms with Gasteiger partial charge in [-0.1, -0.05) is 24.3 Å². The van der Waals surface area contributed by atoms with E-state index < -0.39 is 23.5 Å². The Morgan fingerprint density at radius 1 is 1.09 bits per heavy atom. The number of aryl methyl sites for hydroxylation is 1. The molecule has 3 aromatic heterocycles. The summed E-state index contributed by atoms with van der Waals surface area (Å²) in [6, 6.07) is 15.3. The molecule has 43 heavy (non-hydrogen) atoms. The minimum atomic E-state index is -1.29. The summed E-state index contributed by atoms with van der Waals surface area (Å²) in [6.07, 6.45) is 5.54. The predicted octanol–water partition coefficient (Wildman–Crippen LogP) is 7.75. The van der Waals surface area contributed by atoms with Crippen molar-refractivity contribution in [3.8, 4) is 39.3 Å². The Labute approximate surface area is 249 Å². The van der Waals surface area contributed by atoms with Gasteiger partial charge in [0, 0.05) is 46.4 Å². The molecule has 0 spiro atoms. The molecule has 7 nitrogen and oxygen atoms in total. The van der Waals surface area contributed by atoms with Crippen LogP contribution in [0, 0.1) is 19.7 Å². The Morgan fingerprint density at radius 3 is 2.58 bits per heavy atom. The molecular formula is C35H34FN3O4. The molecule has 0 saturated heterocycles.